The molecule has 0 aromatic heterocycles. The summed E-state index contributed by atoms with van der Waals surface area (Å²) in [6.45, 7) is 0.636. The highest BCUT2D eigenvalue weighted by Gasteiger charge is 2.20. The van der Waals surface area contributed by atoms with Gasteiger partial charge in [-0.2, -0.15) is 5.26 Å². The quantitative estimate of drug-likeness (QED) is 0.664. The second kappa shape index (κ2) is 4.74. The Kier molecular flexibility index (Phi) is 3.15. The number of anilines is 2. The number of nitrogens with zero attached hydrogens (tertiary/aromatic N) is 1. The third-order valence-corrected chi connectivity index (χ3v) is 2.76. The molecule has 2 rings (SSSR count). The zero-order chi connectivity index (χ0) is 12.3. The van der Waals surface area contributed by atoms with Crippen LogP contribution in [0, 0.1) is 11.3 Å². The molecule has 0 aliphatic carbocycles. The molecule has 5 heteroatoms. The first-order chi connectivity index (χ1) is 8.19. The zero-order valence-electron chi connectivity index (χ0n) is 9.36. The lowest BCUT2D eigenvalue weighted by molar-refractivity contribution is -0.119. The fraction of sp³-hybridized carbons (Fsp3) is 0.333. The minimum absolute atomic E-state index is 0.0650. The van der Waals surface area contributed by atoms with Crippen LogP contribution >= 0.6 is 0 Å². The van der Waals surface area contributed by atoms with Crippen molar-refractivity contribution in [3.8, 4) is 6.07 Å². The average molecular weight is 230 g/mol. The summed E-state index contributed by atoms with van der Waals surface area (Å²) in [5.41, 5.74) is 8.09. The van der Waals surface area contributed by atoms with Crippen molar-refractivity contribution in [2.24, 2.45) is 0 Å². The van der Waals surface area contributed by atoms with Crippen molar-refractivity contribution in [1.29, 1.82) is 5.26 Å². The van der Waals surface area contributed by atoms with Gasteiger partial charge in [-0.15, -0.1) is 0 Å². The number of carbonyl (C=O) groups is 1. The summed E-state index contributed by atoms with van der Waals surface area (Å²) in [6.07, 6.45) is 0.779. The summed E-state index contributed by atoms with van der Waals surface area (Å²) in [5.74, 6) is 0.0650. The van der Waals surface area contributed by atoms with Gasteiger partial charge in [0.25, 0.3) is 0 Å². The molecule has 1 atom stereocenters. The lowest BCUT2D eigenvalue weighted by Crippen LogP contribution is -2.22. The first kappa shape index (κ1) is 11.3. The van der Waals surface area contributed by atoms with Crippen molar-refractivity contribution in [1.82, 2.24) is 5.32 Å². The highest BCUT2D eigenvalue weighted by Crippen LogP contribution is 2.20. The van der Waals surface area contributed by atoms with Crippen LogP contribution in [0.3, 0.4) is 0 Å². The van der Waals surface area contributed by atoms with Gasteiger partial charge in [0.05, 0.1) is 18.5 Å². The van der Waals surface area contributed by atoms with Crippen LogP contribution in [-0.4, -0.2) is 18.5 Å². The summed E-state index contributed by atoms with van der Waals surface area (Å²) in [7, 11) is 0. The van der Waals surface area contributed by atoms with Gasteiger partial charge >= 0.3 is 0 Å². The van der Waals surface area contributed by atoms with Crippen molar-refractivity contribution in [3.63, 3.8) is 0 Å². The molecule has 17 heavy (non-hydrogen) atoms. The molecule has 0 bridgehead atoms. The largest absolute Gasteiger partial charge is 0.398 e. The maximum absolute atomic E-state index is 11.1. The van der Waals surface area contributed by atoms with Crippen LogP contribution in [0.2, 0.25) is 0 Å². The Labute approximate surface area is 99.6 Å². The summed E-state index contributed by atoms with van der Waals surface area (Å²) in [5, 5.41) is 14.7. The van der Waals surface area contributed by atoms with Crippen LogP contribution in [-0.2, 0) is 11.2 Å². The molecule has 0 spiro atoms. The molecule has 1 unspecified atom stereocenters. The minimum Gasteiger partial charge on any atom is -0.398 e. The molecule has 1 saturated heterocycles. The SMILES string of the molecule is N#CCc1cc(NC2CNC(=O)C2)ccc1N. The Balaban J connectivity index is 2.09. The van der Waals surface area contributed by atoms with Crippen LogP contribution in [0.25, 0.3) is 0 Å². The zero-order valence-corrected chi connectivity index (χ0v) is 9.36. The Bertz CT molecular complexity index is 478. The van der Waals surface area contributed by atoms with Crippen LogP contribution in [0.5, 0.6) is 0 Å². The number of hydrogen-bond acceptors (Lipinski definition) is 4. The monoisotopic (exact) mass is 230 g/mol. The lowest BCUT2D eigenvalue weighted by Gasteiger charge is -2.13. The minimum atomic E-state index is 0.0650. The standard InChI is InChI=1S/C12H14N4O/c13-4-3-8-5-9(1-2-11(8)14)16-10-6-12(17)15-7-10/h1-2,5,10,16H,3,6-7,14H2,(H,15,17). The van der Waals surface area contributed by atoms with Crippen LogP contribution in [0.15, 0.2) is 18.2 Å². The number of hydrogen-bond donors (Lipinski definition) is 3. The summed E-state index contributed by atoms with van der Waals surface area (Å²) in [6, 6.07) is 7.69. The predicted octanol–water partition coefficient (Wildman–Crippen LogP) is 0.635. The van der Waals surface area contributed by atoms with Gasteiger partial charge in [0.2, 0.25) is 5.91 Å². The Hall–Kier alpha value is -2.22. The van der Waals surface area contributed by atoms with E-state index >= 15 is 0 Å². The van der Waals surface area contributed by atoms with E-state index in [1.165, 1.54) is 0 Å². The molecule has 88 valence electrons. The van der Waals surface area contributed by atoms with Crippen molar-refractivity contribution in [3.05, 3.63) is 23.8 Å². The lowest BCUT2D eigenvalue weighted by atomic mass is 10.1. The number of nitrogens with one attached hydrogen (secondary N) is 2. The van der Waals surface area contributed by atoms with Crippen LogP contribution < -0.4 is 16.4 Å². The van der Waals surface area contributed by atoms with Crippen LogP contribution in [0.1, 0.15) is 12.0 Å². The molecule has 0 radical (unpaired) electrons. The molecule has 1 aliphatic heterocycles. The van der Waals surface area contributed by atoms with E-state index in [1.807, 2.05) is 12.1 Å². The fourth-order valence-corrected chi connectivity index (χ4v) is 1.88. The molecule has 0 saturated carbocycles. The van der Waals surface area contributed by atoms with Gasteiger partial charge in [0, 0.05) is 24.3 Å². The first-order valence-electron chi connectivity index (χ1n) is 5.47. The maximum atomic E-state index is 11.1. The number of nitrogen functional groups attached to an aromatic ring is 1. The third-order valence-electron chi connectivity index (χ3n) is 2.76. The van der Waals surface area contributed by atoms with Gasteiger partial charge in [0.1, 0.15) is 0 Å². The molecule has 1 aromatic rings. The normalized spacial score (nSPS) is 18.5. The highest BCUT2D eigenvalue weighted by molar-refractivity contribution is 5.79. The first-order valence-corrected chi connectivity index (χ1v) is 5.47. The average Bonchev–Trinajstić information content (AvgIpc) is 2.69. The van der Waals surface area contributed by atoms with E-state index in [1.54, 1.807) is 6.07 Å². The van der Waals surface area contributed by atoms with Crippen LogP contribution in [0.4, 0.5) is 11.4 Å². The summed E-state index contributed by atoms with van der Waals surface area (Å²) in [4.78, 5) is 11.1. The molecule has 1 amide bonds. The Morgan fingerprint density at radius 1 is 1.59 bits per heavy atom. The van der Waals surface area contributed by atoms with Crippen molar-refractivity contribution in [2.75, 3.05) is 17.6 Å². The summed E-state index contributed by atoms with van der Waals surface area (Å²) >= 11 is 0. The van der Waals surface area contributed by atoms with E-state index in [0.717, 1.165) is 11.3 Å². The van der Waals surface area contributed by atoms with Gasteiger partial charge < -0.3 is 16.4 Å². The summed E-state index contributed by atoms with van der Waals surface area (Å²) < 4.78 is 0. The van der Waals surface area contributed by atoms with Gasteiger partial charge in [0.15, 0.2) is 0 Å². The number of amides is 1. The molecule has 1 fully saturated rings. The molecule has 5 nitrogen and oxygen atoms in total. The molecular formula is C12H14N4O. The Morgan fingerprint density at radius 3 is 3.06 bits per heavy atom. The second-order valence-corrected chi connectivity index (χ2v) is 4.10. The molecular weight excluding hydrogens is 216 g/mol. The van der Waals surface area contributed by atoms with Crippen molar-refractivity contribution < 1.29 is 4.79 Å². The third kappa shape index (κ3) is 2.67. The van der Waals surface area contributed by atoms with Gasteiger partial charge in [-0.3, -0.25) is 4.79 Å². The maximum Gasteiger partial charge on any atom is 0.222 e. The van der Waals surface area contributed by atoms with E-state index in [2.05, 4.69) is 16.7 Å². The number of nitriles is 1. The number of rotatable bonds is 3. The fourth-order valence-electron chi connectivity index (χ4n) is 1.88. The molecule has 1 aromatic carbocycles. The highest BCUT2D eigenvalue weighted by atomic mass is 16.1. The van der Waals surface area contributed by atoms with Gasteiger partial charge in [-0.1, -0.05) is 0 Å². The predicted molar refractivity (Wildman–Crippen MR) is 65.2 cm³/mol. The molecule has 1 aliphatic rings. The van der Waals surface area contributed by atoms with E-state index in [4.69, 9.17) is 11.0 Å². The van der Waals surface area contributed by atoms with E-state index in [9.17, 15) is 4.79 Å². The number of benzene rings is 1. The molecule has 4 N–H and O–H groups in total. The van der Waals surface area contributed by atoms with Gasteiger partial charge in [-0.05, 0) is 23.8 Å². The topological polar surface area (TPSA) is 90.9 Å². The second-order valence-electron chi connectivity index (χ2n) is 4.10. The smallest absolute Gasteiger partial charge is 0.222 e. The molecule has 1 heterocycles. The van der Waals surface area contributed by atoms with Gasteiger partial charge in [-0.25, -0.2) is 0 Å². The number of carbonyl (C=O) groups excluding carboxylic acids is 1. The number of nitrogens with two attached hydrogens (primary N) is 1. The van der Waals surface area contributed by atoms with E-state index in [-0.39, 0.29) is 11.9 Å². The Morgan fingerprint density at radius 2 is 2.41 bits per heavy atom. The van der Waals surface area contributed by atoms with E-state index < -0.39 is 0 Å². The van der Waals surface area contributed by atoms with Crippen molar-refractivity contribution >= 4 is 17.3 Å². The van der Waals surface area contributed by atoms with E-state index in [0.29, 0.717) is 25.1 Å². The van der Waals surface area contributed by atoms with Crippen molar-refractivity contribution in [2.45, 2.75) is 18.9 Å².